The normalized spacial score (nSPS) is 47.5. The van der Waals surface area contributed by atoms with Crippen molar-refractivity contribution in [3.63, 3.8) is 0 Å². The van der Waals surface area contributed by atoms with Crippen molar-refractivity contribution in [1.82, 2.24) is 10.2 Å². The second kappa shape index (κ2) is 3.99. The van der Waals surface area contributed by atoms with Gasteiger partial charge in [-0.1, -0.05) is 0 Å². The zero-order valence-electron chi connectivity index (χ0n) is 9.83. The zero-order chi connectivity index (χ0) is 13.0. The first-order valence-corrected chi connectivity index (χ1v) is 6.36. The lowest BCUT2D eigenvalue weighted by Crippen LogP contribution is -2.80. The number of aliphatic hydroxyl groups excluding tert-OH is 2. The molecule has 4 rings (SSSR count). The average Bonchev–Trinajstić information content (AvgIpc) is 2.83. The van der Waals surface area contributed by atoms with E-state index in [1.165, 1.54) is 0 Å². The van der Waals surface area contributed by atoms with Crippen molar-refractivity contribution in [3.05, 3.63) is 0 Å². The monoisotopic (exact) mass is 275 g/mol. The van der Waals surface area contributed by atoms with Crippen molar-refractivity contribution >= 4 is 17.3 Å². The molecule has 18 heavy (non-hydrogen) atoms. The molecular formula is C10H17N3O4S. The summed E-state index contributed by atoms with van der Waals surface area (Å²) in [6, 6.07) is 0. The number of aliphatic hydroxyl groups is 2. The summed E-state index contributed by atoms with van der Waals surface area (Å²) in [5.41, 5.74) is 3.52. The third-order valence-corrected chi connectivity index (χ3v) is 4.46. The van der Waals surface area contributed by atoms with Gasteiger partial charge in [0.15, 0.2) is 10.8 Å². The minimum atomic E-state index is -1.10. The fourth-order valence-corrected chi connectivity index (χ4v) is 3.19. The van der Waals surface area contributed by atoms with Crippen molar-refractivity contribution < 1.29 is 19.7 Å². The molecule has 5 N–H and O–H groups in total. The molecule has 0 aromatic heterocycles. The van der Waals surface area contributed by atoms with Crippen LogP contribution in [0, 0.1) is 0 Å². The summed E-state index contributed by atoms with van der Waals surface area (Å²) in [4.78, 5) is 1.75. The molecule has 7 nitrogen and oxygen atoms in total. The Hall–Kier alpha value is -0.510. The maximum atomic E-state index is 10.4. The third kappa shape index (κ3) is 1.38. The van der Waals surface area contributed by atoms with E-state index in [9.17, 15) is 10.2 Å². The molecule has 4 saturated heterocycles. The molecule has 2 bridgehead atoms. The van der Waals surface area contributed by atoms with Crippen LogP contribution in [0.15, 0.2) is 0 Å². The fraction of sp³-hybridized carbons (Fsp3) is 0.900. The Balaban J connectivity index is 1.93. The summed E-state index contributed by atoms with van der Waals surface area (Å²) >= 11 is 5.19. The number of nitrogens with zero attached hydrogens (tertiary/aromatic N) is 1. The number of hydrogen-bond acceptors (Lipinski definition) is 6. The van der Waals surface area contributed by atoms with E-state index in [4.69, 9.17) is 27.4 Å². The number of rotatable bonds is 2. The second-order valence-electron chi connectivity index (χ2n) is 4.96. The van der Waals surface area contributed by atoms with Crippen molar-refractivity contribution in [2.24, 2.45) is 5.73 Å². The Morgan fingerprint density at radius 1 is 1.39 bits per heavy atom. The highest BCUT2D eigenvalue weighted by Gasteiger charge is 2.65. The SMILES string of the molecule is NCC12COC(N3CCNC3=S)(CO1)C(O)C2O. The number of thiocarbonyl (C=S) groups is 1. The van der Waals surface area contributed by atoms with Gasteiger partial charge in [0.25, 0.3) is 0 Å². The zero-order valence-corrected chi connectivity index (χ0v) is 10.7. The summed E-state index contributed by atoms with van der Waals surface area (Å²) in [7, 11) is 0. The summed E-state index contributed by atoms with van der Waals surface area (Å²) in [6.07, 6.45) is -2.17. The minimum Gasteiger partial charge on any atom is -0.387 e. The van der Waals surface area contributed by atoms with Crippen molar-refractivity contribution in [2.45, 2.75) is 23.5 Å². The van der Waals surface area contributed by atoms with Gasteiger partial charge in [-0.2, -0.15) is 0 Å². The van der Waals surface area contributed by atoms with Gasteiger partial charge in [0, 0.05) is 19.6 Å². The number of fused-ring (bicyclic) bond motifs is 3. The molecule has 4 aliphatic rings. The molecule has 0 saturated carbocycles. The molecule has 4 aliphatic heterocycles. The van der Waals surface area contributed by atoms with Gasteiger partial charge in [-0.05, 0) is 12.2 Å². The van der Waals surface area contributed by atoms with Crippen LogP contribution in [0.25, 0.3) is 0 Å². The molecule has 0 aromatic carbocycles. The molecule has 0 radical (unpaired) electrons. The van der Waals surface area contributed by atoms with Gasteiger partial charge in [-0.25, -0.2) is 0 Å². The van der Waals surface area contributed by atoms with E-state index < -0.39 is 23.5 Å². The van der Waals surface area contributed by atoms with Gasteiger partial charge in [-0.3, -0.25) is 0 Å². The van der Waals surface area contributed by atoms with Gasteiger partial charge >= 0.3 is 0 Å². The van der Waals surface area contributed by atoms with Crippen molar-refractivity contribution in [1.29, 1.82) is 0 Å². The van der Waals surface area contributed by atoms with E-state index in [0.717, 1.165) is 0 Å². The molecule has 4 heterocycles. The third-order valence-electron chi connectivity index (χ3n) is 4.09. The van der Waals surface area contributed by atoms with Crippen LogP contribution in [0.2, 0.25) is 0 Å². The van der Waals surface area contributed by atoms with Gasteiger partial charge in [0.1, 0.15) is 17.8 Å². The van der Waals surface area contributed by atoms with Crippen molar-refractivity contribution in [2.75, 3.05) is 32.8 Å². The minimum absolute atomic E-state index is 0.101. The second-order valence-corrected chi connectivity index (χ2v) is 5.35. The van der Waals surface area contributed by atoms with Crippen LogP contribution < -0.4 is 11.1 Å². The first-order chi connectivity index (χ1) is 8.56. The topological polar surface area (TPSA) is 100 Å². The van der Waals surface area contributed by atoms with Gasteiger partial charge < -0.3 is 35.6 Å². The van der Waals surface area contributed by atoms with Crippen LogP contribution in [-0.4, -0.2) is 76.6 Å². The summed E-state index contributed by atoms with van der Waals surface area (Å²) in [6.45, 7) is 1.70. The van der Waals surface area contributed by atoms with Crippen molar-refractivity contribution in [3.8, 4) is 0 Å². The Morgan fingerprint density at radius 2 is 2.17 bits per heavy atom. The molecule has 0 amide bonds. The number of ether oxygens (including phenoxy) is 2. The maximum absolute atomic E-state index is 10.4. The predicted molar refractivity (Wildman–Crippen MR) is 65.7 cm³/mol. The van der Waals surface area contributed by atoms with Gasteiger partial charge in [0.2, 0.25) is 0 Å². The maximum Gasteiger partial charge on any atom is 0.195 e. The molecule has 0 aromatic rings. The molecular weight excluding hydrogens is 258 g/mol. The summed E-state index contributed by atoms with van der Waals surface area (Å²) in [5, 5.41) is 24.1. The van der Waals surface area contributed by atoms with Crippen LogP contribution >= 0.6 is 12.2 Å². The fourth-order valence-electron chi connectivity index (χ4n) is 2.84. The smallest absolute Gasteiger partial charge is 0.195 e. The molecule has 4 fully saturated rings. The highest BCUT2D eigenvalue weighted by Crippen LogP contribution is 2.42. The summed E-state index contributed by atoms with van der Waals surface area (Å²) < 4.78 is 11.5. The largest absolute Gasteiger partial charge is 0.387 e. The van der Waals surface area contributed by atoms with E-state index in [1.807, 2.05) is 0 Å². The lowest BCUT2D eigenvalue weighted by Gasteiger charge is -2.59. The molecule has 8 heteroatoms. The first-order valence-electron chi connectivity index (χ1n) is 5.95. The van der Waals surface area contributed by atoms with Crippen LogP contribution in [0.5, 0.6) is 0 Å². The molecule has 0 spiro atoms. The Bertz CT molecular complexity index is 372. The first kappa shape index (κ1) is 12.5. The summed E-state index contributed by atoms with van der Waals surface area (Å²) in [5.74, 6) is 0. The van der Waals surface area contributed by atoms with Gasteiger partial charge in [-0.15, -0.1) is 0 Å². The van der Waals surface area contributed by atoms with E-state index in [0.29, 0.717) is 18.2 Å². The predicted octanol–water partition coefficient (Wildman–Crippen LogP) is -2.65. The van der Waals surface area contributed by atoms with E-state index in [-0.39, 0.29) is 19.8 Å². The molecule has 4 unspecified atom stereocenters. The molecule has 4 atom stereocenters. The van der Waals surface area contributed by atoms with E-state index >= 15 is 0 Å². The standard InChI is InChI=1S/C10H17N3O4S/c11-3-9-4-17-10(5-16-9,7(15)6(9)14)13-2-1-12-8(13)18/h6-7,14-15H,1-5,11H2,(H,12,18). The molecule has 0 aliphatic carbocycles. The number of hydrogen-bond donors (Lipinski definition) is 4. The quantitative estimate of drug-likeness (QED) is 0.406. The van der Waals surface area contributed by atoms with Crippen LogP contribution in [0.1, 0.15) is 0 Å². The molecule has 102 valence electrons. The lowest BCUT2D eigenvalue weighted by molar-refractivity contribution is -0.378. The van der Waals surface area contributed by atoms with Crippen LogP contribution in [0.4, 0.5) is 0 Å². The Kier molecular flexibility index (Phi) is 2.78. The van der Waals surface area contributed by atoms with Crippen LogP contribution in [0.3, 0.4) is 0 Å². The number of nitrogens with two attached hydrogens (primary N) is 1. The van der Waals surface area contributed by atoms with Gasteiger partial charge in [0.05, 0.1) is 13.2 Å². The van der Waals surface area contributed by atoms with Crippen LogP contribution in [-0.2, 0) is 9.47 Å². The van der Waals surface area contributed by atoms with E-state index in [1.54, 1.807) is 4.90 Å². The highest BCUT2D eigenvalue weighted by atomic mass is 32.1. The Labute approximate surface area is 110 Å². The highest BCUT2D eigenvalue weighted by molar-refractivity contribution is 7.80. The van der Waals surface area contributed by atoms with E-state index in [2.05, 4.69) is 5.32 Å². The lowest BCUT2D eigenvalue weighted by atomic mass is 9.81. The number of nitrogens with one attached hydrogen (secondary N) is 1. The average molecular weight is 275 g/mol. The Morgan fingerprint density at radius 3 is 2.67 bits per heavy atom.